The molecule has 0 aliphatic heterocycles. The molecular formula is C17H23N3O2. The zero-order valence-electron chi connectivity index (χ0n) is 12.9. The van der Waals surface area contributed by atoms with Crippen molar-refractivity contribution >= 4 is 0 Å². The summed E-state index contributed by atoms with van der Waals surface area (Å²) in [6.45, 7) is 0.790. The number of hydrogen-bond donors (Lipinski definition) is 3. The highest BCUT2D eigenvalue weighted by molar-refractivity contribution is 5.63. The Balaban J connectivity index is 1.64. The van der Waals surface area contributed by atoms with Gasteiger partial charge in [0.15, 0.2) is 0 Å². The summed E-state index contributed by atoms with van der Waals surface area (Å²) in [6.07, 6.45) is 5.64. The van der Waals surface area contributed by atoms with Crippen LogP contribution >= 0.6 is 0 Å². The van der Waals surface area contributed by atoms with Crippen LogP contribution in [-0.4, -0.2) is 34.6 Å². The maximum Gasteiger partial charge on any atom is 0.118 e. The first kappa shape index (κ1) is 15.1. The minimum Gasteiger partial charge on any atom is -0.497 e. The zero-order chi connectivity index (χ0) is 15.4. The Morgan fingerprint density at radius 1 is 1.23 bits per heavy atom. The molecule has 0 spiro atoms. The smallest absolute Gasteiger partial charge is 0.118 e. The van der Waals surface area contributed by atoms with Crippen LogP contribution in [0, 0.1) is 0 Å². The molecule has 3 rings (SSSR count). The highest BCUT2D eigenvalue weighted by Crippen LogP contribution is 2.24. The van der Waals surface area contributed by atoms with Crippen LogP contribution in [0.25, 0.3) is 11.3 Å². The number of hydrogen-bond acceptors (Lipinski definition) is 4. The number of H-pyrrole nitrogens is 1. The van der Waals surface area contributed by atoms with Crippen LogP contribution in [0.4, 0.5) is 0 Å². The Labute approximate surface area is 130 Å². The molecule has 0 amide bonds. The monoisotopic (exact) mass is 301 g/mol. The molecule has 2 aromatic rings. The molecular weight excluding hydrogens is 278 g/mol. The van der Waals surface area contributed by atoms with Crippen LogP contribution in [0.15, 0.2) is 30.5 Å². The lowest BCUT2D eigenvalue weighted by Crippen LogP contribution is -2.34. The number of rotatable bonds is 5. The van der Waals surface area contributed by atoms with E-state index in [-0.39, 0.29) is 6.10 Å². The van der Waals surface area contributed by atoms with Gasteiger partial charge in [-0.15, -0.1) is 0 Å². The van der Waals surface area contributed by atoms with E-state index in [4.69, 9.17) is 4.74 Å². The molecule has 3 N–H and O–H groups in total. The van der Waals surface area contributed by atoms with E-state index < -0.39 is 0 Å². The molecule has 118 valence electrons. The van der Waals surface area contributed by atoms with Gasteiger partial charge < -0.3 is 15.2 Å². The van der Waals surface area contributed by atoms with Gasteiger partial charge >= 0.3 is 0 Å². The van der Waals surface area contributed by atoms with Gasteiger partial charge in [-0.05, 0) is 49.9 Å². The lowest BCUT2D eigenvalue weighted by Gasteiger charge is -2.26. The molecule has 1 fully saturated rings. The number of aliphatic hydroxyl groups excluding tert-OH is 1. The Morgan fingerprint density at radius 3 is 2.64 bits per heavy atom. The van der Waals surface area contributed by atoms with E-state index >= 15 is 0 Å². The summed E-state index contributed by atoms with van der Waals surface area (Å²) >= 11 is 0. The third-order valence-corrected chi connectivity index (χ3v) is 4.37. The minimum absolute atomic E-state index is 0.109. The number of benzene rings is 1. The first-order chi connectivity index (χ1) is 10.8. The second-order valence-corrected chi connectivity index (χ2v) is 5.89. The molecule has 1 saturated carbocycles. The molecule has 5 heteroatoms. The van der Waals surface area contributed by atoms with E-state index in [0.29, 0.717) is 6.04 Å². The van der Waals surface area contributed by atoms with Gasteiger partial charge in [-0.25, -0.2) is 0 Å². The van der Waals surface area contributed by atoms with Crippen LogP contribution in [0.2, 0.25) is 0 Å². The quantitative estimate of drug-likeness (QED) is 0.793. The van der Waals surface area contributed by atoms with E-state index in [1.54, 1.807) is 7.11 Å². The number of methoxy groups -OCH3 is 1. The predicted molar refractivity (Wildman–Crippen MR) is 85.7 cm³/mol. The maximum absolute atomic E-state index is 9.56. The Bertz CT molecular complexity index is 586. The van der Waals surface area contributed by atoms with E-state index in [9.17, 15) is 5.11 Å². The molecule has 1 aromatic heterocycles. The molecule has 0 unspecified atom stereocenters. The van der Waals surface area contributed by atoms with Crippen LogP contribution < -0.4 is 10.1 Å². The number of nitrogens with one attached hydrogen (secondary N) is 2. The molecule has 0 radical (unpaired) electrons. The zero-order valence-corrected chi connectivity index (χ0v) is 12.9. The summed E-state index contributed by atoms with van der Waals surface area (Å²) in [5.41, 5.74) is 3.32. The summed E-state index contributed by atoms with van der Waals surface area (Å²) in [4.78, 5) is 0. The second-order valence-electron chi connectivity index (χ2n) is 5.89. The number of aromatic nitrogens is 2. The lowest BCUT2D eigenvalue weighted by molar-refractivity contribution is 0.116. The highest BCUT2D eigenvalue weighted by Gasteiger charge is 2.19. The first-order valence-corrected chi connectivity index (χ1v) is 7.84. The van der Waals surface area contributed by atoms with Crippen molar-refractivity contribution in [3.8, 4) is 17.0 Å². The van der Waals surface area contributed by atoms with Gasteiger partial charge in [0, 0.05) is 23.7 Å². The lowest BCUT2D eigenvalue weighted by atomic mass is 9.93. The molecule has 1 aliphatic carbocycles. The fraction of sp³-hybridized carbons (Fsp3) is 0.471. The van der Waals surface area contributed by atoms with Crippen molar-refractivity contribution < 1.29 is 9.84 Å². The van der Waals surface area contributed by atoms with E-state index in [1.807, 2.05) is 30.5 Å². The predicted octanol–water partition coefficient (Wildman–Crippen LogP) is 2.48. The number of aliphatic hydroxyl groups is 1. The van der Waals surface area contributed by atoms with Gasteiger partial charge in [0.05, 0.1) is 25.1 Å². The molecule has 1 heterocycles. The first-order valence-electron chi connectivity index (χ1n) is 7.84. The van der Waals surface area contributed by atoms with Crippen molar-refractivity contribution in [3.05, 3.63) is 36.0 Å². The van der Waals surface area contributed by atoms with Gasteiger partial charge in [-0.3, -0.25) is 5.10 Å². The summed E-state index contributed by atoms with van der Waals surface area (Å²) in [7, 11) is 1.67. The fourth-order valence-electron chi connectivity index (χ4n) is 2.99. The molecule has 0 atom stereocenters. The molecule has 1 aliphatic rings. The third kappa shape index (κ3) is 3.48. The van der Waals surface area contributed by atoms with Crippen molar-refractivity contribution in [1.29, 1.82) is 0 Å². The Hall–Kier alpha value is -1.85. The maximum atomic E-state index is 9.56. The minimum atomic E-state index is -0.109. The van der Waals surface area contributed by atoms with Crippen LogP contribution in [0.1, 0.15) is 31.2 Å². The van der Waals surface area contributed by atoms with Gasteiger partial charge in [0.1, 0.15) is 5.75 Å². The Morgan fingerprint density at radius 2 is 1.95 bits per heavy atom. The summed E-state index contributed by atoms with van der Waals surface area (Å²) < 4.78 is 5.19. The van der Waals surface area contributed by atoms with Crippen LogP contribution in [-0.2, 0) is 6.54 Å². The van der Waals surface area contributed by atoms with Crippen molar-refractivity contribution in [2.45, 2.75) is 44.4 Å². The largest absolute Gasteiger partial charge is 0.497 e. The van der Waals surface area contributed by atoms with Gasteiger partial charge in [0.2, 0.25) is 0 Å². The average Bonchev–Trinajstić information content (AvgIpc) is 3.03. The number of nitrogens with zero attached hydrogens (tertiary/aromatic N) is 1. The molecule has 1 aromatic carbocycles. The SMILES string of the molecule is COc1ccc(-c2[nH]ncc2CNC2CCC(O)CC2)cc1. The van der Waals surface area contributed by atoms with E-state index in [2.05, 4.69) is 15.5 Å². The highest BCUT2D eigenvalue weighted by atomic mass is 16.5. The summed E-state index contributed by atoms with van der Waals surface area (Å²) in [6, 6.07) is 8.47. The second kappa shape index (κ2) is 6.94. The average molecular weight is 301 g/mol. The van der Waals surface area contributed by atoms with Crippen molar-refractivity contribution in [2.75, 3.05) is 7.11 Å². The molecule has 0 saturated heterocycles. The molecule has 5 nitrogen and oxygen atoms in total. The fourth-order valence-corrected chi connectivity index (χ4v) is 2.99. The van der Waals surface area contributed by atoms with Crippen molar-refractivity contribution in [2.24, 2.45) is 0 Å². The van der Waals surface area contributed by atoms with Crippen LogP contribution in [0.5, 0.6) is 5.75 Å². The topological polar surface area (TPSA) is 70.2 Å². The van der Waals surface area contributed by atoms with Crippen molar-refractivity contribution in [1.82, 2.24) is 15.5 Å². The van der Waals surface area contributed by atoms with E-state index in [0.717, 1.165) is 54.8 Å². The molecule has 0 bridgehead atoms. The Kier molecular flexibility index (Phi) is 4.75. The number of aromatic amines is 1. The van der Waals surface area contributed by atoms with Gasteiger partial charge in [-0.2, -0.15) is 5.10 Å². The van der Waals surface area contributed by atoms with Gasteiger partial charge in [-0.1, -0.05) is 0 Å². The normalized spacial score (nSPS) is 21.7. The van der Waals surface area contributed by atoms with Gasteiger partial charge in [0.25, 0.3) is 0 Å². The van der Waals surface area contributed by atoms with Crippen molar-refractivity contribution in [3.63, 3.8) is 0 Å². The van der Waals surface area contributed by atoms with E-state index in [1.165, 1.54) is 0 Å². The van der Waals surface area contributed by atoms with Crippen LogP contribution in [0.3, 0.4) is 0 Å². The number of ether oxygens (including phenoxy) is 1. The molecule has 22 heavy (non-hydrogen) atoms. The standard InChI is InChI=1S/C17H23N3O2/c1-22-16-8-2-12(3-9-16)17-13(11-19-20-17)10-18-14-4-6-15(21)7-5-14/h2-3,8-9,11,14-15,18,21H,4-7,10H2,1H3,(H,19,20). The summed E-state index contributed by atoms with van der Waals surface area (Å²) in [5.74, 6) is 0.851. The summed E-state index contributed by atoms with van der Waals surface area (Å²) in [5, 5.41) is 20.4. The third-order valence-electron chi connectivity index (χ3n) is 4.37.